The summed E-state index contributed by atoms with van der Waals surface area (Å²) in [5, 5.41) is 20.8. The van der Waals surface area contributed by atoms with E-state index in [9.17, 15) is 15.0 Å². The molecular formula is C19H22N6O5. The standard InChI is InChI=1S/C19H22N6O5/c20-11(6-10-4-2-1-3-5-10)19(28)29-7-12-14(26)15(27)18(30-12)25-9-24-13-16(21)22-8-23-17(13)25/h1-5,8-9,11-12,14-15,18,26-27H,6-7,20H2,(H2,21,22,23). The highest BCUT2D eigenvalue weighted by molar-refractivity contribution is 5.81. The molecule has 5 unspecified atom stereocenters. The quantitative estimate of drug-likeness (QED) is 0.372. The number of imidazole rings is 1. The number of ether oxygens (including phenoxy) is 2. The van der Waals surface area contributed by atoms with E-state index in [0.29, 0.717) is 17.6 Å². The Kier molecular flexibility index (Phi) is 5.59. The lowest BCUT2D eigenvalue weighted by Gasteiger charge is -2.17. The fraction of sp³-hybridized carbons (Fsp3) is 0.368. The Hall–Kier alpha value is -3.12. The van der Waals surface area contributed by atoms with E-state index in [1.165, 1.54) is 17.2 Å². The number of esters is 1. The van der Waals surface area contributed by atoms with Gasteiger partial charge in [0.05, 0.1) is 6.33 Å². The van der Waals surface area contributed by atoms with Gasteiger partial charge >= 0.3 is 5.97 Å². The summed E-state index contributed by atoms with van der Waals surface area (Å²) < 4.78 is 12.4. The minimum Gasteiger partial charge on any atom is -0.462 e. The largest absolute Gasteiger partial charge is 0.462 e. The second-order valence-electron chi connectivity index (χ2n) is 7.06. The van der Waals surface area contributed by atoms with Gasteiger partial charge < -0.3 is 31.2 Å². The third kappa shape index (κ3) is 3.83. The number of nitrogens with zero attached hydrogens (tertiary/aromatic N) is 4. The Balaban J connectivity index is 1.39. The number of aromatic nitrogens is 4. The van der Waals surface area contributed by atoms with Crippen LogP contribution in [-0.4, -0.2) is 66.7 Å². The number of hydrogen-bond donors (Lipinski definition) is 4. The third-order valence-corrected chi connectivity index (χ3v) is 4.99. The molecule has 11 heteroatoms. The molecule has 3 aromatic rings. The molecule has 1 aliphatic rings. The fourth-order valence-electron chi connectivity index (χ4n) is 3.38. The van der Waals surface area contributed by atoms with E-state index in [1.54, 1.807) is 0 Å². The molecule has 3 heterocycles. The van der Waals surface area contributed by atoms with Gasteiger partial charge in [-0.2, -0.15) is 0 Å². The monoisotopic (exact) mass is 414 g/mol. The lowest BCUT2D eigenvalue weighted by atomic mass is 10.1. The van der Waals surface area contributed by atoms with Crippen LogP contribution in [0.4, 0.5) is 5.82 Å². The van der Waals surface area contributed by atoms with Crippen molar-refractivity contribution in [1.82, 2.24) is 19.5 Å². The van der Waals surface area contributed by atoms with Crippen molar-refractivity contribution < 1.29 is 24.5 Å². The smallest absolute Gasteiger partial charge is 0.323 e. The number of benzene rings is 1. The molecule has 1 aliphatic heterocycles. The summed E-state index contributed by atoms with van der Waals surface area (Å²) in [5.41, 5.74) is 13.3. The van der Waals surface area contributed by atoms with E-state index in [0.717, 1.165) is 5.56 Å². The third-order valence-electron chi connectivity index (χ3n) is 4.99. The van der Waals surface area contributed by atoms with Crippen LogP contribution in [0.3, 0.4) is 0 Å². The van der Waals surface area contributed by atoms with Crippen LogP contribution >= 0.6 is 0 Å². The van der Waals surface area contributed by atoms with Crippen LogP contribution in [0, 0.1) is 0 Å². The van der Waals surface area contributed by atoms with Crippen LogP contribution in [-0.2, 0) is 20.7 Å². The highest BCUT2D eigenvalue weighted by Gasteiger charge is 2.45. The summed E-state index contributed by atoms with van der Waals surface area (Å²) in [6.07, 6.45) is -1.54. The second-order valence-corrected chi connectivity index (χ2v) is 7.06. The molecule has 1 fully saturated rings. The first-order valence-corrected chi connectivity index (χ1v) is 9.36. The molecule has 158 valence electrons. The van der Waals surface area contributed by atoms with Crippen molar-refractivity contribution >= 4 is 23.0 Å². The molecule has 11 nitrogen and oxygen atoms in total. The van der Waals surface area contributed by atoms with Crippen LogP contribution in [0.15, 0.2) is 43.0 Å². The molecule has 6 N–H and O–H groups in total. The Morgan fingerprint density at radius 1 is 1.20 bits per heavy atom. The number of nitrogen functional groups attached to an aromatic ring is 1. The van der Waals surface area contributed by atoms with E-state index < -0.39 is 36.6 Å². The first-order valence-electron chi connectivity index (χ1n) is 9.36. The van der Waals surface area contributed by atoms with Crippen molar-refractivity contribution in [3.63, 3.8) is 0 Å². The maximum absolute atomic E-state index is 12.2. The van der Waals surface area contributed by atoms with Crippen molar-refractivity contribution in [3.8, 4) is 0 Å². The zero-order chi connectivity index (χ0) is 21.3. The summed E-state index contributed by atoms with van der Waals surface area (Å²) in [6, 6.07) is 8.46. The van der Waals surface area contributed by atoms with Gasteiger partial charge in [0.15, 0.2) is 17.7 Å². The average Bonchev–Trinajstić information content (AvgIpc) is 3.29. The summed E-state index contributed by atoms with van der Waals surface area (Å²) in [4.78, 5) is 24.3. The van der Waals surface area contributed by atoms with E-state index in [-0.39, 0.29) is 12.4 Å². The van der Waals surface area contributed by atoms with E-state index >= 15 is 0 Å². The summed E-state index contributed by atoms with van der Waals surface area (Å²) in [5.74, 6) is -0.439. The van der Waals surface area contributed by atoms with Crippen molar-refractivity contribution in [2.45, 2.75) is 37.0 Å². The summed E-state index contributed by atoms with van der Waals surface area (Å²) in [7, 11) is 0. The Morgan fingerprint density at radius 2 is 1.97 bits per heavy atom. The number of nitrogens with two attached hydrogens (primary N) is 2. The molecule has 30 heavy (non-hydrogen) atoms. The molecule has 0 amide bonds. The maximum Gasteiger partial charge on any atom is 0.323 e. The van der Waals surface area contributed by atoms with Gasteiger partial charge in [-0.1, -0.05) is 30.3 Å². The summed E-state index contributed by atoms with van der Waals surface area (Å²) in [6.45, 7) is -0.264. The number of carbonyl (C=O) groups excluding carboxylic acids is 1. The first-order chi connectivity index (χ1) is 14.5. The molecule has 1 saturated heterocycles. The van der Waals surface area contributed by atoms with Crippen LogP contribution < -0.4 is 11.5 Å². The molecule has 0 radical (unpaired) electrons. The molecule has 5 atom stereocenters. The predicted octanol–water partition coefficient (Wildman–Crippen LogP) is -0.859. The molecule has 0 aliphatic carbocycles. The summed E-state index contributed by atoms with van der Waals surface area (Å²) >= 11 is 0. The van der Waals surface area contributed by atoms with Gasteiger partial charge in [-0.3, -0.25) is 9.36 Å². The van der Waals surface area contributed by atoms with Crippen LogP contribution in [0.5, 0.6) is 0 Å². The average molecular weight is 414 g/mol. The van der Waals surface area contributed by atoms with Gasteiger partial charge in [-0.25, -0.2) is 15.0 Å². The topological polar surface area (TPSA) is 172 Å². The van der Waals surface area contributed by atoms with Gasteiger partial charge in [0, 0.05) is 0 Å². The molecule has 0 saturated carbocycles. The van der Waals surface area contributed by atoms with E-state index in [2.05, 4.69) is 15.0 Å². The van der Waals surface area contributed by atoms with Crippen molar-refractivity contribution in [2.75, 3.05) is 12.3 Å². The highest BCUT2D eigenvalue weighted by atomic mass is 16.6. The van der Waals surface area contributed by atoms with Crippen LogP contribution in [0.1, 0.15) is 11.8 Å². The van der Waals surface area contributed by atoms with E-state index in [1.807, 2.05) is 30.3 Å². The maximum atomic E-state index is 12.2. The number of anilines is 1. The molecule has 2 aromatic heterocycles. The number of rotatable bonds is 6. The molecule has 4 rings (SSSR count). The number of fused-ring (bicyclic) bond motifs is 1. The zero-order valence-corrected chi connectivity index (χ0v) is 15.9. The molecule has 0 spiro atoms. The van der Waals surface area contributed by atoms with Crippen LogP contribution in [0.25, 0.3) is 11.2 Å². The van der Waals surface area contributed by atoms with Gasteiger partial charge in [0.1, 0.15) is 42.8 Å². The molecule has 0 bridgehead atoms. The molecular weight excluding hydrogens is 392 g/mol. The van der Waals surface area contributed by atoms with Crippen LogP contribution in [0.2, 0.25) is 0 Å². The fourth-order valence-corrected chi connectivity index (χ4v) is 3.38. The predicted molar refractivity (Wildman–Crippen MR) is 105 cm³/mol. The van der Waals surface area contributed by atoms with Gasteiger partial charge in [0.2, 0.25) is 0 Å². The van der Waals surface area contributed by atoms with Gasteiger partial charge in [0.25, 0.3) is 0 Å². The van der Waals surface area contributed by atoms with Gasteiger partial charge in [-0.05, 0) is 12.0 Å². The Bertz CT molecular complexity index is 1030. The minimum atomic E-state index is -1.29. The zero-order valence-electron chi connectivity index (χ0n) is 15.9. The van der Waals surface area contributed by atoms with E-state index in [4.69, 9.17) is 20.9 Å². The SMILES string of the molecule is Nc1ncnc2c1ncn2C1OC(COC(=O)C(N)Cc2ccccc2)C(O)C1O. The number of carbonyl (C=O) groups is 1. The van der Waals surface area contributed by atoms with Crippen molar-refractivity contribution in [1.29, 1.82) is 0 Å². The molecule has 1 aromatic carbocycles. The lowest BCUT2D eigenvalue weighted by molar-refractivity contribution is -0.151. The Morgan fingerprint density at radius 3 is 2.73 bits per heavy atom. The second kappa shape index (κ2) is 8.32. The number of aliphatic hydroxyl groups is 2. The van der Waals surface area contributed by atoms with Crippen molar-refractivity contribution in [2.24, 2.45) is 5.73 Å². The van der Waals surface area contributed by atoms with Gasteiger partial charge in [-0.15, -0.1) is 0 Å². The Labute approximate surface area is 171 Å². The number of hydrogen-bond acceptors (Lipinski definition) is 10. The van der Waals surface area contributed by atoms with Crippen molar-refractivity contribution in [3.05, 3.63) is 48.5 Å². The highest BCUT2D eigenvalue weighted by Crippen LogP contribution is 2.32. The normalized spacial score (nSPS) is 24.8. The minimum absolute atomic E-state index is 0.185. The first kappa shape index (κ1) is 20.2. The lowest BCUT2D eigenvalue weighted by Crippen LogP contribution is -2.38. The number of aliphatic hydroxyl groups excluding tert-OH is 2.